The molecule has 0 radical (unpaired) electrons. The second-order valence-corrected chi connectivity index (χ2v) is 5.04. The summed E-state index contributed by atoms with van der Waals surface area (Å²) in [5.74, 6) is 0. The van der Waals surface area contributed by atoms with Crippen LogP contribution in [0.4, 0.5) is 4.79 Å². The molecule has 2 fully saturated rings. The number of carbonyl (C=O) groups excluding carboxylic acids is 1. The van der Waals surface area contributed by atoms with Crippen molar-refractivity contribution < 1.29 is 9.53 Å². The van der Waals surface area contributed by atoms with Crippen molar-refractivity contribution in [3.63, 3.8) is 0 Å². The van der Waals surface area contributed by atoms with E-state index < -0.39 is 0 Å². The van der Waals surface area contributed by atoms with E-state index >= 15 is 0 Å². The van der Waals surface area contributed by atoms with Crippen LogP contribution in [0.25, 0.3) is 0 Å². The molecular weight excluding hydrogens is 180 g/mol. The molecule has 0 spiro atoms. The van der Waals surface area contributed by atoms with Crippen LogP contribution in [0.2, 0.25) is 0 Å². The van der Waals surface area contributed by atoms with Gasteiger partial charge in [-0.25, -0.2) is 4.79 Å². The molecule has 80 valence electrons. The number of fused-ring (bicyclic) bond motifs is 1. The molecule has 2 atom stereocenters. The Morgan fingerprint density at radius 1 is 1.50 bits per heavy atom. The largest absolute Gasteiger partial charge is 0.444 e. The van der Waals surface area contributed by atoms with Crippen LogP contribution in [0.3, 0.4) is 0 Å². The average molecular weight is 198 g/mol. The third kappa shape index (κ3) is 2.00. The molecule has 0 aromatic rings. The first-order chi connectivity index (χ1) is 6.47. The summed E-state index contributed by atoms with van der Waals surface area (Å²) in [5, 5.41) is 3.35. The maximum atomic E-state index is 11.7. The van der Waals surface area contributed by atoms with Crippen LogP contribution >= 0.6 is 0 Å². The summed E-state index contributed by atoms with van der Waals surface area (Å²) in [4.78, 5) is 13.6. The van der Waals surface area contributed by atoms with E-state index in [1.165, 1.54) is 0 Å². The van der Waals surface area contributed by atoms with Gasteiger partial charge in [0.1, 0.15) is 5.60 Å². The third-order valence-electron chi connectivity index (χ3n) is 2.54. The van der Waals surface area contributed by atoms with Crippen molar-refractivity contribution in [2.45, 2.75) is 44.9 Å². The highest BCUT2D eigenvalue weighted by atomic mass is 16.6. The molecule has 0 aromatic heterocycles. The fourth-order valence-corrected chi connectivity index (χ4v) is 1.83. The second kappa shape index (κ2) is 3.12. The Hall–Kier alpha value is -0.770. The maximum absolute atomic E-state index is 11.7. The molecule has 1 saturated heterocycles. The van der Waals surface area contributed by atoms with Gasteiger partial charge in [0.25, 0.3) is 0 Å². The molecule has 1 aliphatic heterocycles. The third-order valence-corrected chi connectivity index (χ3v) is 2.54. The van der Waals surface area contributed by atoms with Crippen molar-refractivity contribution in [1.29, 1.82) is 0 Å². The van der Waals surface area contributed by atoms with E-state index in [0.29, 0.717) is 12.1 Å². The minimum absolute atomic E-state index is 0.161. The van der Waals surface area contributed by atoms with Gasteiger partial charge in [-0.15, -0.1) is 0 Å². The Labute approximate surface area is 84.6 Å². The number of hydrogen-bond donors (Lipinski definition) is 1. The van der Waals surface area contributed by atoms with E-state index in [1.54, 1.807) is 0 Å². The van der Waals surface area contributed by atoms with Crippen molar-refractivity contribution in [2.75, 3.05) is 13.1 Å². The summed E-state index contributed by atoms with van der Waals surface area (Å²) in [6, 6.07) is 0.912. The number of rotatable bonds is 0. The SMILES string of the molecule is CC(C)(C)OC(=O)N1CCNC2C[C@H]21. The Morgan fingerprint density at radius 2 is 2.21 bits per heavy atom. The lowest BCUT2D eigenvalue weighted by atomic mass is 10.2. The smallest absolute Gasteiger partial charge is 0.410 e. The molecular formula is C10H18N2O2. The Balaban J connectivity index is 1.91. The lowest BCUT2D eigenvalue weighted by Crippen LogP contribution is -2.48. The molecule has 2 aliphatic rings. The van der Waals surface area contributed by atoms with Gasteiger partial charge in [-0.05, 0) is 27.2 Å². The van der Waals surface area contributed by atoms with Gasteiger partial charge >= 0.3 is 6.09 Å². The summed E-state index contributed by atoms with van der Waals surface area (Å²) >= 11 is 0. The molecule has 1 amide bonds. The zero-order valence-corrected chi connectivity index (χ0v) is 9.04. The molecule has 1 unspecified atom stereocenters. The van der Waals surface area contributed by atoms with E-state index in [-0.39, 0.29) is 11.7 Å². The highest BCUT2D eigenvalue weighted by Gasteiger charge is 2.47. The molecule has 0 aromatic carbocycles. The van der Waals surface area contributed by atoms with Gasteiger partial charge < -0.3 is 15.0 Å². The quantitative estimate of drug-likeness (QED) is 0.630. The summed E-state index contributed by atoms with van der Waals surface area (Å²) in [7, 11) is 0. The molecule has 1 N–H and O–H groups in total. The Bertz CT molecular complexity index is 247. The number of piperazine rings is 1. The summed E-state index contributed by atoms with van der Waals surface area (Å²) < 4.78 is 5.33. The number of nitrogens with one attached hydrogen (secondary N) is 1. The van der Waals surface area contributed by atoms with Crippen molar-refractivity contribution in [2.24, 2.45) is 0 Å². The van der Waals surface area contributed by atoms with Crippen LogP contribution in [-0.2, 0) is 4.74 Å². The minimum Gasteiger partial charge on any atom is -0.444 e. The van der Waals surface area contributed by atoms with Crippen molar-refractivity contribution in [3.8, 4) is 0 Å². The van der Waals surface area contributed by atoms with Gasteiger partial charge in [0.15, 0.2) is 0 Å². The summed E-state index contributed by atoms with van der Waals surface area (Å²) in [6.45, 7) is 7.36. The number of amides is 1. The normalized spacial score (nSPS) is 30.9. The van der Waals surface area contributed by atoms with Crippen LogP contribution in [-0.4, -0.2) is 41.8 Å². The molecule has 1 saturated carbocycles. The Morgan fingerprint density at radius 3 is 2.86 bits per heavy atom. The van der Waals surface area contributed by atoms with Crippen LogP contribution in [0.5, 0.6) is 0 Å². The van der Waals surface area contributed by atoms with Gasteiger partial charge in [-0.1, -0.05) is 0 Å². The van der Waals surface area contributed by atoms with Crippen LogP contribution in [0.15, 0.2) is 0 Å². The van der Waals surface area contributed by atoms with Crippen LogP contribution < -0.4 is 5.32 Å². The number of carbonyl (C=O) groups is 1. The topological polar surface area (TPSA) is 41.6 Å². The van der Waals surface area contributed by atoms with Crippen LogP contribution in [0.1, 0.15) is 27.2 Å². The molecule has 1 heterocycles. The molecule has 4 heteroatoms. The first-order valence-corrected chi connectivity index (χ1v) is 5.20. The Kier molecular flexibility index (Phi) is 2.18. The zero-order valence-electron chi connectivity index (χ0n) is 9.04. The number of hydrogen-bond acceptors (Lipinski definition) is 3. The summed E-state index contributed by atoms with van der Waals surface area (Å²) in [6.07, 6.45) is 0.922. The monoisotopic (exact) mass is 198 g/mol. The van der Waals surface area contributed by atoms with E-state index in [4.69, 9.17) is 4.74 Å². The van der Waals surface area contributed by atoms with E-state index in [9.17, 15) is 4.79 Å². The fraction of sp³-hybridized carbons (Fsp3) is 0.900. The predicted molar refractivity (Wildman–Crippen MR) is 53.1 cm³/mol. The molecule has 2 rings (SSSR count). The van der Waals surface area contributed by atoms with Gasteiger partial charge in [0.05, 0.1) is 6.04 Å². The van der Waals surface area contributed by atoms with Crippen LogP contribution in [0, 0.1) is 0 Å². The van der Waals surface area contributed by atoms with Gasteiger partial charge in [-0.3, -0.25) is 0 Å². The first-order valence-electron chi connectivity index (χ1n) is 5.20. The number of nitrogens with zero attached hydrogens (tertiary/aromatic N) is 1. The summed E-state index contributed by atoms with van der Waals surface area (Å²) in [5.41, 5.74) is -0.383. The highest BCUT2D eigenvalue weighted by Crippen LogP contribution is 2.31. The lowest BCUT2D eigenvalue weighted by molar-refractivity contribution is 0.0208. The van der Waals surface area contributed by atoms with E-state index in [2.05, 4.69) is 5.32 Å². The van der Waals surface area contributed by atoms with Crippen molar-refractivity contribution in [3.05, 3.63) is 0 Å². The second-order valence-electron chi connectivity index (χ2n) is 5.04. The van der Waals surface area contributed by atoms with E-state index in [1.807, 2.05) is 25.7 Å². The molecule has 1 aliphatic carbocycles. The lowest BCUT2D eigenvalue weighted by Gasteiger charge is -2.30. The van der Waals surface area contributed by atoms with E-state index in [0.717, 1.165) is 19.5 Å². The average Bonchev–Trinajstić information content (AvgIpc) is 2.77. The van der Waals surface area contributed by atoms with Gasteiger partial charge in [0.2, 0.25) is 0 Å². The number of ether oxygens (including phenoxy) is 1. The standard InChI is InChI=1S/C10H18N2O2/c1-10(2,3)14-9(13)12-5-4-11-7-6-8(7)12/h7-8,11H,4-6H2,1-3H3/t7?,8-/m1/s1. The van der Waals surface area contributed by atoms with Crippen molar-refractivity contribution in [1.82, 2.24) is 10.2 Å². The zero-order chi connectivity index (χ0) is 10.3. The van der Waals surface area contributed by atoms with Gasteiger partial charge in [-0.2, -0.15) is 0 Å². The minimum atomic E-state index is -0.383. The first kappa shape index (κ1) is 9.77. The molecule has 4 nitrogen and oxygen atoms in total. The molecule has 14 heavy (non-hydrogen) atoms. The fourth-order valence-electron chi connectivity index (χ4n) is 1.83. The van der Waals surface area contributed by atoms with Crippen molar-refractivity contribution >= 4 is 6.09 Å². The predicted octanol–water partition coefficient (Wildman–Crippen LogP) is 0.968. The molecule has 0 bridgehead atoms. The van der Waals surface area contributed by atoms with Gasteiger partial charge in [0, 0.05) is 19.1 Å². The maximum Gasteiger partial charge on any atom is 0.410 e. The highest BCUT2D eigenvalue weighted by molar-refractivity contribution is 5.69.